The summed E-state index contributed by atoms with van der Waals surface area (Å²) in [7, 11) is 0. The molecule has 0 saturated heterocycles. The van der Waals surface area contributed by atoms with E-state index >= 15 is 0 Å². The zero-order valence-electron chi connectivity index (χ0n) is 10.3. The Morgan fingerprint density at radius 1 is 1.33 bits per heavy atom. The molecule has 3 heteroatoms. The fraction of sp³-hybridized carbons (Fsp3) is 0.750. The Kier molecular flexibility index (Phi) is 4.82. The van der Waals surface area contributed by atoms with Crippen LogP contribution in [-0.2, 0) is 6.54 Å². The predicted octanol–water partition coefficient (Wildman–Crippen LogP) is 2.30. The van der Waals surface area contributed by atoms with Gasteiger partial charge in [0.05, 0.1) is 6.33 Å². The van der Waals surface area contributed by atoms with Gasteiger partial charge in [-0.25, -0.2) is 4.98 Å². The zero-order chi connectivity index (χ0) is 11.3. The predicted molar refractivity (Wildman–Crippen MR) is 63.7 cm³/mol. The first-order valence-corrected chi connectivity index (χ1v) is 5.85. The zero-order valence-corrected chi connectivity index (χ0v) is 10.3. The molecule has 0 radical (unpaired) electrons. The molecule has 1 rings (SSSR count). The molecule has 0 amide bonds. The van der Waals surface area contributed by atoms with Crippen LogP contribution < -0.4 is 5.32 Å². The largest absolute Gasteiger partial charge is 0.336 e. The average Bonchev–Trinajstić information content (AvgIpc) is 2.66. The third-order valence-electron chi connectivity index (χ3n) is 2.79. The number of nitrogens with zero attached hydrogens (tertiary/aromatic N) is 2. The monoisotopic (exact) mass is 209 g/mol. The van der Waals surface area contributed by atoms with E-state index in [9.17, 15) is 0 Å². The van der Waals surface area contributed by atoms with E-state index in [0.29, 0.717) is 18.0 Å². The Morgan fingerprint density at radius 3 is 2.53 bits per heavy atom. The van der Waals surface area contributed by atoms with Crippen LogP contribution in [0.2, 0.25) is 0 Å². The summed E-state index contributed by atoms with van der Waals surface area (Å²) in [5.74, 6) is 0.695. The lowest BCUT2D eigenvalue weighted by molar-refractivity contribution is 0.334. The molecule has 0 fully saturated rings. The van der Waals surface area contributed by atoms with E-state index < -0.39 is 0 Å². The summed E-state index contributed by atoms with van der Waals surface area (Å²) in [5, 5.41) is 3.66. The summed E-state index contributed by atoms with van der Waals surface area (Å²) in [6.07, 6.45) is 6.89. The first-order chi connectivity index (χ1) is 7.13. The fourth-order valence-corrected chi connectivity index (χ4v) is 1.91. The third-order valence-corrected chi connectivity index (χ3v) is 2.79. The Morgan fingerprint density at radius 2 is 2.07 bits per heavy atom. The highest BCUT2D eigenvalue weighted by Gasteiger charge is 2.13. The Labute approximate surface area is 92.9 Å². The fourth-order valence-electron chi connectivity index (χ4n) is 1.91. The molecule has 3 nitrogen and oxygen atoms in total. The topological polar surface area (TPSA) is 29.9 Å². The second-order valence-corrected chi connectivity index (χ2v) is 4.59. The molecule has 0 aliphatic rings. The average molecular weight is 209 g/mol. The van der Waals surface area contributed by atoms with Crippen molar-refractivity contribution in [2.75, 3.05) is 0 Å². The summed E-state index contributed by atoms with van der Waals surface area (Å²) in [5.41, 5.74) is 0. The van der Waals surface area contributed by atoms with Gasteiger partial charge in [-0.2, -0.15) is 0 Å². The lowest BCUT2D eigenvalue weighted by Crippen LogP contribution is -2.41. The van der Waals surface area contributed by atoms with Gasteiger partial charge in [-0.15, -0.1) is 0 Å². The lowest BCUT2D eigenvalue weighted by Gasteiger charge is -2.25. The van der Waals surface area contributed by atoms with Crippen LogP contribution in [0, 0.1) is 5.92 Å². The summed E-state index contributed by atoms with van der Waals surface area (Å²) in [6.45, 7) is 9.99. The van der Waals surface area contributed by atoms with Crippen LogP contribution in [0.15, 0.2) is 18.7 Å². The van der Waals surface area contributed by atoms with Crippen molar-refractivity contribution < 1.29 is 0 Å². The maximum absolute atomic E-state index is 4.04. The van der Waals surface area contributed by atoms with Gasteiger partial charge in [0.1, 0.15) is 0 Å². The van der Waals surface area contributed by atoms with Gasteiger partial charge in [0.25, 0.3) is 0 Å². The third kappa shape index (κ3) is 4.04. The van der Waals surface area contributed by atoms with Gasteiger partial charge in [-0.3, -0.25) is 0 Å². The van der Waals surface area contributed by atoms with Crippen molar-refractivity contribution in [1.82, 2.24) is 14.9 Å². The van der Waals surface area contributed by atoms with Gasteiger partial charge in [0.15, 0.2) is 0 Å². The second kappa shape index (κ2) is 5.91. The summed E-state index contributed by atoms with van der Waals surface area (Å²) < 4.78 is 2.12. The van der Waals surface area contributed by atoms with Crippen molar-refractivity contribution in [1.29, 1.82) is 0 Å². The standard InChI is InChI=1S/C12H23N3/c1-5-12(10(2)3)14-11(4)8-15-7-6-13-9-15/h6-7,9-12,14H,5,8H2,1-4H3. The van der Waals surface area contributed by atoms with Gasteiger partial charge in [0, 0.05) is 31.0 Å². The van der Waals surface area contributed by atoms with E-state index in [-0.39, 0.29) is 0 Å². The normalized spacial score (nSPS) is 15.5. The Hall–Kier alpha value is -0.830. The number of hydrogen-bond acceptors (Lipinski definition) is 2. The van der Waals surface area contributed by atoms with Crippen LogP contribution in [-0.4, -0.2) is 21.6 Å². The summed E-state index contributed by atoms with van der Waals surface area (Å²) in [6, 6.07) is 1.11. The van der Waals surface area contributed by atoms with Gasteiger partial charge in [-0.1, -0.05) is 20.8 Å². The van der Waals surface area contributed by atoms with E-state index in [1.54, 1.807) is 0 Å². The van der Waals surface area contributed by atoms with E-state index in [2.05, 4.69) is 42.6 Å². The molecule has 0 aliphatic heterocycles. The molecule has 15 heavy (non-hydrogen) atoms. The van der Waals surface area contributed by atoms with Gasteiger partial charge < -0.3 is 9.88 Å². The minimum Gasteiger partial charge on any atom is -0.336 e. The van der Waals surface area contributed by atoms with Crippen molar-refractivity contribution in [3.05, 3.63) is 18.7 Å². The summed E-state index contributed by atoms with van der Waals surface area (Å²) >= 11 is 0. The maximum Gasteiger partial charge on any atom is 0.0946 e. The summed E-state index contributed by atoms with van der Waals surface area (Å²) in [4.78, 5) is 4.04. The van der Waals surface area contributed by atoms with Crippen LogP contribution >= 0.6 is 0 Å². The van der Waals surface area contributed by atoms with E-state index in [1.165, 1.54) is 6.42 Å². The molecule has 2 unspecified atom stereocenters. The quantitative estimate of drug-likeness (QED) is 0.779. The molecular weight excluding hydrogens is 186 g/mol. The molecular formula is C12H23N3. The molecule has 1 N–H and O–H groups in total. The van der Waals surface area contributed by atoms with Crippen molar-refractivity contribution in [3.63, 3.8) is 0 Å². The maximum atomic E-state index is 4.04. The van der Waals surface area contributed by atoms with Crippen LogP contribution in [0.5, 0.6) is 0 Å². The number of rotatable bonds is 6. The van der Waals surface area contributed by atoms with Crippen LogP contribution in [0.3, 0.4) is 0 Å². The first kappa shape index (κ1) is 12.2. The first-order valence-electron chi connectivity index (χ1n) is 5.85. The molecule has 0 aliphatic carbocycles. The smallest absolute Gasteiger partial charge is 0.0946 e. The van der Waals surface area contributed by atoms with Crippen molar-refractivity contribution in [3.8, 4) is 0 Å². The Bertz CT molecular complexity index is 254. The van der Waals surface area contributed by atoms with Crippen molar-refractivity contribution >= 4 is 0 Å². The van der Waals surface area contributed by atoms with Gasteiger partial charge in [-0.05, 0) is 19.3 Å². The SMILES string of the molecule is CCC(NC(C)Cn1ccnc1)C(C)C. The molecule has 1 aromatic rings. The number of nitrogens with one attached hydrogen (secondary N) is 1. The Balaban J connectivity index is 2.37. The number of hydrogen-bond donors (Lipinski definition) is 1. The highest BCUT2D eigenvalue weighted by molar-refractivity contribution is 4.78. The van der Waals surface area contributed by atoms with Crippen LogP contribution in [0.4, 0.5) is 0 Å². The van der Waals surface area contributed by atoms with Crippen LogP contribution in [0.25, 0.3) is 0 Å². The van der Waals surface area contributed by atoms with Crippen LogP contribution in [0.1, 0.15) is 34.1 Å². The number of imidazole rings is 1. The van der Waals surface area contributed by atoms with E-state index in [0.717, 1.165) is 6.54 Å². The molecule has 0 saturated carbocycles. The van der Waals surface area contributed by atoms with Gasteiger partial charge >= 0.3 is 0 Å². The molecule has 0 spiro atoms. The minimum atomic E-state index is 0.492. The molecule has 1 aromatic heterocycles. The molecule has 2 atom stereocenters. The molecule has 0 aromatic carbocycles. The minimum absolute atomic E-state index is 0.492. The molecule has 0 bridgehead atoms. The van der Waals surface area contributed by atoms with Gasteiger partial charge in [0.2, 0.25) is 0 Å². The number of aromatic nitrogens is 2. The molecule has 86 valence electrons. The molecule has 1 heterocycles. The van der Waals surface area contributed by atoms with Crippen molar-refractivity contribution in [2.45, 2.75) is 52.7 Å². The highest BCUT2D eigenvalue weighted by atomic mass is 15.1. The van der Waals surface area contributed by atoms with E-state index in [4.69, 9.17) is 0 Å². The highest BCUT2D eigenvalue weighted by Crippen LogP contribution is 2.07. The lowest BCUT2D eigenvalue weighted by atomic mass is 10.0. The van der Waals surface area contributed by atoms with Crippen molar-refractivity contribution in [2.24, 2.45) is 5.92 Å². The van der Waals surface area contributed by atoms with E-state index in [1.807, 2.05) is 18.7 Å². The second-order valence-electron chi connectivity index (χ2n) is 4.59.